The maximum absolute atomic E-state index is 10.6. The van der Waals surface area contributed by atoms with Crippen LogP contribution in [0.15, 0.2) is 48.5 Å². The summed E-state index contributed by atoms with van der Waals surface area (Å²) in [5.41, 5.74) is 0.0145. The van der Waals surface area contributed by atoms with Gasteiger partial charge in [0.05, 0.1) is 16.0 Å². The van der Waals surface area contributed by atoms with Crippen molar-refractivity contribution < 1.29 is 28.8 Å². The third kappa shape index (κ3) is 4.35. The molecule has 0 aromatic heterocycles. The van der Waals surface area contributed by atoms with Crippen molar-refractivity contribution >= 4 is 11.4 Å². The number of rotatable bonds is 9. The van der Waals surface area contributed by atoms with Crippen molar-refractivity contribution in [2.45, 2.75) is 31.0 Å². The molecule has 4 rings (SSSR count). The average Bonchev–Trinajstić information content (AvgIpc) is 3.60. The van der Waals surface area contributed by atoms with Gasteiger partial charge in [-0.2, -0.15) is 0 Å². The van der Waals surface area contributed by atoms with Crippen molar-refractivity contribution in [2.75, 3.05) is 6.61 Å². The lowest BCUT2D eigenvalue weighted by Gasteiger charge is -2.03. The van der Waals surface area contributed by atoms with Crippen molar-refractivity contribution in [3.8, 4) is 11.5 Å². The highest BCUT2D eigenvalue weighted by molar-refractivity contribution is 5.36. The maximum atomic E-state index is 10.6. The predicted octanol–water partition coefficient (Wildman–Crippen LogP) is 2.84. The number of hydrogen-bond acceptors (Lipinski definition) is 8. The molecule has 0 saturated carbocycles. The zero-order valence-electron chi connectivity index (χ0n) is 14.5. The van der Waals surface area contributed by atoms with Crippen LogP contribution in [0.4, 0.5) is 11.4 Å². The number of nitro benzene ring substituents is 2. The summed E-state index contributed by atoms with van der Waals surface area (Å²) in [6.45, 7) is 0.350. The predicted molar refractivity (Wildman–Crippen MR) is 94.3 cm³/mol. The van der Waals surface area contributed by atoms with Crippen LogP contribution < -0.4 is 9.47 Å². The van der Waals surface area contributed by atoms with E-state index in [4.69, 9.17) is 18.9 Å². The first-order valence-electron chi connectivity index (χ1n) is 8.59. The van der Waals surface area contributed by atoms with Gasteiger partial charge in [-0.05, 0) is 24.3 Å². The zero-order chi connectivity index (χ0) is 19.7. The van der Waals surface area contributed by atoms with Gasteiger partial charge in [-0.1, -0.05) is 0 Å². The van der Waals surface area contributed by atoms with Crippen molar-refractivity contribution in [3.63, 3.8) is 0 Å². The van der Waals surface area contributed by atoms with Crippen LogP contribution in [-0.4, -0.2) is 41.1 Å². The molecule has 2 aromatic carbocycles. The molecule has 0 N–H and O–H groups in total. The molecule has 4 unspecified atom stereocenters. The molecular formula is C18H16N2O8. The van der Waals surface area contributed by atoms with Crippen LogP contribution in [0.3, 0.4) is 0 Å². The summed E-state index contributed by atoms with van der Waals surface area (Å²) in [6.07, 6.45) is 0.130. The molecule has 0 aliphatic carbocycles. The van der Waals surface area contributed by atoms with Crippen LogP contribution in [0, 0.1) is 20.2 Å². The van der Waals surface area contributed by atoms with Crippen LogP contribution in [0.25, 0.3) is 0 Å². The fourth-order valence-corrected chi connectivity index (χ4v) is 2.78. The largest absolute Gasteiger partial charge is 0.491 e. The van der Waals surface area contributed by atoms with Crippen molar-refractivity contribution in [1.82, 2.24) is 0 Å². The standard InChI is InChI=1S/C18H16N2O8/c21-19(22)11-1-5-13(6-2-11)25-10-17-15(27-17)9-16-18(28-16)26-14-7-3-12(4-8-14)20(23)24/h1-8,15-18H,9-10H2. The molecule has 2 aliphatic heterocycles. The molecule has 0 radical (unpaired) electrons. The quantitative estimate of drug-likeness (QED) is 0.364. The molecule has 10 nitrogen and oxygen atoms in total. The minimum Gasteiger partial charge on any atom is -0.491 e. The highest BCUT2D eigenvalue weighted by atomic mass is 16.8. The second-order valence-electron chi connectivity index (χ2n) is 6.42. The number of nitrogens with zero attached hydrogens (tertiary/aromatic N) is 2. The number of epoxide rings is 2. The number of non-ortho nitro benzene ring substituents is 2. The Hall–Kier alpha value is -3.24. The van der Waals surface area contributed by atoms with E-state index in [2.05, 4.69) is 0 Å². The first-order chi connectivity index (χ1) is 13.5. The van der Waals surface area contributed by atoms with E-state index in [1.807, 2.05) is 0 Å². The average molecular weight is 388 g/mol. The van der Waals surface area contributed by atoms with E-state index in [9.17, 15) is 20.2 Å². The molecule has 146 valence electrons. The van der Waals surface area contributed by atoms with Crippen molar-refractivity contribution in [3.05, 3.63) is 68.8 Å². The molecule has 0 bridgehead atoms. The van der Waals surface area contributed by atoms with E-state index in [1.165, 1.54) is 36.4 Å². The van der Waals surface area contributed by atoms with Gasteiger partial charge in [0, 0.05) is 30.7 Å². The molecular weight excluding hydrogens is 372 g/mol. The lowest BCUT2D eigenvalue weighted by atomic mass is 10.2. The molecule has 0 spiro atoms. The third-order valence-electron chi connectivity index (χ3n) is 4.45. The Balaban J connectivity index is 1.16. The van der Waals surface area contributed by atoms with E-state index >= 15 is 0 Å². The highest BCUT2D eigenvalue weighted by Crippen LogP contribution is 2.36. The smallest absolute Gasteiger partial charge is 0.269 e. The molecule has 10 heteroatoms. The molecule has 2 heterocycles. The van der Waals surface area contributed by atoms with Gasteiger partial charge in [-0.15, -0.1) is 0 Å². The molecule has 2 fully saturated rings. The minimum absolute atomic E-state index is 0.00265. The summed E-state index contributed by atoms with van der Waals surface area (Å²) in [5.74, 6) is 1.05. The van der Waals surface area contributed by atoms with Crippen LogP contribution in [0.5, 0.6) is 11.5 Å². The van der Waals surface area contributed by atoms with Crippen LogP contribution in [-0.2, 0) is 9.47 Å². The Bertz CT molecular complexity index is 870. The van der Waals surface area contributed by atoms with Gasteiger partial charge in [0.15, 0.2) is 0 Å². The van der Waals surface area contributed by atoms with Crippen LogP contribution in [0.2, 0.25) is 0 Å². The summed E-state index contributed by atoms with van der Waals surface area (Å²) < 4.78 is 22.2. The summed E-state index contributed by atoms with van der Waals surface area (Å²) in [6, 6.07) is 11.7. The van der Waals surface area contributed by atoms with E-state index in [0.717, 1.165) is 0 Å². The van der Waals surface area contributed by atoms with Gasteiger partial charge in [0.2, 0.25) is 6.29 Å². The second kappa shape index (κ2) is 7.41. The molecule has 2 aliphatic rings. The zero-order valence-corrected chi connectivity index (χ0v) is 14.5. The summed E-state index contributed by atoms with van der Waals surface area (Å²) >= 11 is 0. The van der Waals surface area contributed by atoms with Crippen LogP contribution in [0.1, 0.15) is 6.42 Å². The van der Waals surface area contributed by atoms with E-state index in [-0.39, 0.29) is 36.0 Å². The number of nitro groups is 2. The van der Waals surface area contributed by atoms with Gasteiger partial charge in [-0.3, -0.25) is 20.2 Å². The number of hydrogen-bond donors (Lipinski definition) is 0. The molecule has 4 atom stereocenters. The Kier molecular flexibility index (Phi) is 4.80. The van der Waals surface area contributed by atoms with E-state index in [1.54, 1.807) is 12.1 Å². The fourth-order valence-electron chi connectivity index (χ4n) is 2.78. The Labute approximate surface area is 158 Å². The van der Waals surface area contributed by atoms with Gasteiger partial charge >= 0.3 is 0 Å². The Morgan fingerprint density at radius 3 is 1.93 bits per heavy atom. The van der Waals surface area contributed by atoms with Crippen molar-refractivity contribution in [2.24, 2.45) is 0 Å². The van der Waals surface area contributed by atoms with E-state index < -0.39 is 9.85 Å². The van der Waals surface area contributed by atoms with Gasteiger partial charge in [-0.25, -0.2) is 0 Å². The molecule has 2 aromatic rings. The Morgan fingerprint density at radius 1 is 0.786 bits per heavy atom. The lowest BCUT2D eigenvalue weighted by molar-refractivity contribution is -0.385. The van der Waals surface area contributed by atoms with E-state index in [0.29, 0.717) is 24.5 Å². The topological polar surface area (TPSA) is 130 Å². The van der Waals surface area contributed by atoms with Crippen LogP contribution >= 0.6 is 0 Å². The second-order valence-corrected chi connectivity index (χ2v) is 6.42. The first-order valence-corrected chi connectivity index (χ1v) is 8.59. The molecule has 2 saturated heterocycles. The van der Waals surface area contributed by atoms with Crippen molar-refractivity contribution in [1.29, 1.82) is 0 Å². The van der Waals surface area contributed by atoms with Gasteiger partial charge < -0.3 is 18.9 Å². The molecule has 0 amide bonds. The Morgan fingerprint density at radius 2 is 1.36 bits per heavy atom. The first kappa shape index (κ1) is 18.1. The monoisotopic (exact) mass is 388 g/mol. The third-order valence-corrected chi connectivity index (χ3v) is 4.45. The maximum Gasteiger partial charge on any atom is 0.269 e. The normalized spacial score (nSPS) is 25.0. The van der Waals surface area contributed by atoms with Gasteiger partial charge in [0.25, 0.3) is 11.4 Å². The number of benzene rings is 2. The van der Waals surface area contributed by atoms with Gasteiger partial charge in [0.1, 0.15) is 30.3 Å². The highest BCUT2D eigenvalue weighted by Gasteiger charge is 2.50. The SMILES string of the molecule is O=[N+]([O-])c1ccc(OCC2OC2CC2OC2Oc2ccc([N+](=O)[O-])cc2)cc1. The fraction of sp³-hybridized carbons (Fsp3) is 0.333. The molecule has 28 heavy (non-hydrogen) atoms. The summed E-state index contributed by atoms with van der Waals surface area (Å²) in [7, 11) is 0. The lowest BCUT2D eigenvalue weighted by Crippen LogP contribution is -2.11. The summed E-state index contributed by atoms with van der Waals surface area (Å²) in [5, 5.41) is 21.3. The summed E-state index contributed by atoms with van der Waals surface area (Å²) in [4.78, 5) is 20.3. The number of ether oxygens (including phenoxy) is 4. The minimum atomic E-state index is -0.469.